The topological polar surface area (TPSA) is 71.7 Å². The van der Waals surface area contributed by atoms with Crippen molar-refractivity contribution in [1.29, 1.82) is 5.26 Å². The van der Waals surface area contributed by atoms with Gasteiger partial charge in [-0.15, -0.1) is 0 Å². The second-order valence-electron chi connectivity index (χ2n) is 6.72. The van der Waals surface area contributed by atoms with Gasteiger partial charge in [0.05, 0.1) is 11.8 Å². The van der Waals surface area contributed by atoms with Crippen LogP contribution in [0.5, 0.6) is 0 Å². The predicted octanol–water partition coefficient (Wildman–Crippen LogP) is 4.05. The summed E-state index contributed by atoms with van der Waals surface area (Å²) < 4.78 is 27.4. The summed E-state index contributed by atoms with van der Waals surface area (Å²) in [7, 11) is 0. The number of rotatable bonds is 7. The highest BCUT2D eigenvalue weighted by atomic mass is 19.3. The van der Waals surface area contributed by atoms with Crippen molar-refractivity contribution < 1.29 is 13.6 Å². The smallest absolute Gasteiger partial charge is 0.291 e. The third-order valence-electron chi connectivity index (χ3n) is 4.63. The van der Waals surface area contributed by atoms with E-state index in [9.17, 15) is 13.6 Å². The van der Waals surface area contributed by atoms with E-state index in [0.29, 0.717) is 49.5 Å². The number of hydrogen-bond donors (Lipinski definition) is 1. The first-order chi connectivity index (χ1) is 14.8. The van der Waals surface area contributed by atoms with E-state index < -0.39 is 5.92 Å². The molecule has 1 aromatic rings. The highest BCUT2D eigenvalue weighted by Gasteiger charge is 2.27. The standard InChI is InChI=1S/C23H25F2N5O/c1-4-13-27-22(30-16-14-29(15-17-30)21(31)7-6-12-26)18(3)28-20-10-8-19(9-11-20)23(24,25)5-2/h4-11,13,28H,2-3,14-17H2,1H3/b7-6+,13-4-,27-22?. The molecule has 0 saturated carbocycles. The van der Waals surface area contributed by atoms with E-state index in [4.69, 9.17) is 5.26 Å². The Morgan fingerprint density at radius 2 is 1.84 bits per heavy atom. The minimum atomic E-state index is -3.09. The number of aliphatic imine (C=N–C) groups is 1. The maximum Gasteiger partial charge on any atom is 0.291 e. The monoisotopic (exact) mass is 425 g/mol. The number of alkyl halides is 2. The molecule has 162 valence electrons. The highest BCUT2D eigenvalue weighted by molar-refractivity contribution is 6.00. The fourth-order valence-corrected chi connectivity index (χ4v) is 2.97. The van der Waals surface area contributed by atoms with Crippen molar-refractivity contribution in [1.82, 2.24) is 9.80 Å². The van der Waals surface area contributed by atoms with E-state index in [-0.39, 0.29) is 11.5 Å². The van der Waals surface area contributed by atoms with Crippen LogP contribution in [0, 0.1) is 11.3 Å². The van der Waals surface area contributed by atoms with Gasteiger partial charge in [0.25, 0.3) is 5.92 Å². The number of allylic oxidation sites excluding steroid dienone is 3. The molecule has 1 N–H and O–H groups in total. The van der Waals surface area contributed by atoms with Crippen LogP contribution in [-0.2, 0) is 10.7 Å². The zero-order valence-electron chi connectivity index (χ0n) is 17.4. The van der Waals surface area contributed by atoms with E-state index >= 15 is 0 Å². The maximum atomic E-state index is 13.7. The molecule has 1 saturated heterocycles. The summed E-state index contributed by atoms with van der Waals surface area (Å²) in [5.41, 5.74) is 0.954. The highest BCUT2D eigenvalue weighted by Crippen LogP contribution is 2.29. The van der Waals surface area contributed by atoms with Crippen molar-refractivity contribution in [3.8, 4) is 6.07 Å². The van der Waals surface area contributed by atoms with Crippen LogP contribution in [0.3, 0.4) is 0 Å². The van der Waals surface area contributed by atoms with Crippen molar-refractivity contribution >= 4 is 17.4 Å². The number of hydrogen-bond acceptors (Lipinski definition) is 4. The normalized spacial score (nSPS) is 15.2. The first-order valence-corrected chi connectivity index (χ1v) is 9.69. The van der Waals surface area contributed by atoms with Gasteiger partial charge < -0.3 is 15.1 Å². The summed E-state index contributed by atoms with van der Waals surface area (Å²) in [5.74, 6) is -2.70. The lowest BCUT2D eigenvalue weighted by Gasteiger charge is -2.36. The number of halogens is 2. The van der Waals surface area contributed by atoms with Gasteiger partial charge in [-0.25, -0.2) is 4.99 Å². The van der Waals surface area contributed by atoms with Gasteiger partial charge in [0.1, 0.15) is 0 Å². The molecule has 0 atom stereocenters. The fourth-order valence-electron chi connectivity index (χ4n) is 2.97. The molecule has 31 heavy (non-hydrogen) atoms. The molecule has 0 aliphatic carbocycles. The van der Waals surface area contributed by atoms with Gasteiger partial charge in [-0.1, -0.05) is 31.4 Å². The number of anilines is 1. The van der Waals surface area contributed by atoms with Crippen LogP contribution >= 0.6 is 0 Å². The molecular weight excluding hydrogens is 400 g/mol. The van der Waals surface area contributed by atoms with Crippen molar-refractivity contribution in [3.05, 3.63) is 79.2 Å². The maximum absolute atomic E-state index is 13.7. The molecule has 0 unspecified atom stereocenters. The number of carbonyl (C=O) groups excluding carboxylic acids is 1. The molecule has 1 aromatic carbocycles. The number of carbonyl (C=O) groups is 1. The first kappa shape index (κ1) is 23.5. The number of nitrogens with one attached hydrogen (secondary N) is 1. The van der Waals surface area contributed by atoms with Gasteiger partial charge >= 0.3 is 0 Å². The zero-order chi connectivity index (χ0) is 22.9. The Kier molecular flexibility index (Phi) is 8.26. The molecule has 1 amide bonds. The summed E-state index contributed by atoms with van der Waals surface area (Å²) >= 11 is 0. The lowest BCUT2D eigenvalue weighted by molar-refractivity contribution is -0.127. The summed E-state index contributed by atoms with van der Waals surface area (Å²) in [6.45, 7) is 11.1. The van der Waals surface area contributed by atoms with Gasteiger partial charge in [0.15, 0.2) is 5.84 Å². The Labute approximate surface area is 181 Å². The van der Waals surface area contributed by atoms with Crippen LogP contribution in [0.4, 0.5) is 14.5 Å². The third kappa shape index (κ3) is 6.37. The molecule has 8 heteroatoms. The molecule has 1 heterocycles. The lowest BCUT2D eigenvalue weighted by atomic mass is 10.1. The van der Waals surface area contributed by atoms with E-state index in [2.05, 4.69) is 23.5 Å². The van der Waals surface area contributed by atoms with Gasteiger partial charge in [-0.3, -0.25) is 4.79 Å². The Balaban J connectivity index is 2.09. The fraction of sp³-hybridized carbons (Fsp3) is 0.261. The average Bonchev–Trinajstić information content (AvgIpc) is 2.78. The molecule has 1 aliphatic heterocycles. The van der Waals surface area contributed by atoms with Gasteiger partial charge in [-0.2, -0.15) is 14.0 Å². The number of nitrogens with zero attached hydrogens (tertiary/aromatic N) is 4. The molecule has 2 rings (SSSR count). The van der Waals surface area contributed by atoms with Gasteiger partial charge in [0.2, 0.25) is 5.91 Å². The molecule has 0 aromatic heterocycles. The number of amidine groups is 1. The molecule has 6 nitrogen and oxygen atoms in total. The van der Waals surface area contributed by atoms with E-state index in [1.54, 1.807) is 29.3 Å². The molecular formula is C23H25F2N5O. The summed E-state index contributed by atoms with van der Waals surface area (Å²) in [5, 5.41) is 11.7. The molecule has 0 bridgehead atoms. The number of nitriles is 1. The number of amides is 1. The Morgan fingerprint density at radius 3 is 2.39 bits per heavy atom. The minimum absolute atomic E-state index is 0.146. The number of piperazine rings is 1. The van der Waals surface area contributed by atoms with Crippen LogP contribution in [0.1, 0.15) is 12.5 Å². The lowest BCUT2D eigenvalue weighted by Crippen LogP contribution is -2.51. The summed E-state index contributed by atoms with van der Waals surface area (Å²) in [6.07, 6.45) is 6.45. The van der Waals surface area contributed by atoms with Gasteiger partial charge in [-0.05, 0) is 25.1 Å². The largest absolute Gasteiger partial charge is 0.353 e. The van der Waals surface area contributed by atoms with Crippen LogP contribution in [0.15, 0.2) is 78.6 Å². The Hall–Kier alpha value is -3.73. The third-order valence-corrected chi connectivity index (χ3v) is 4.63. The average molecular weight is 425 g/mol. The van der Waals surface area contributed by atoms with Crippen molar-refractivity contribution in [2.45, 2.75) is 12.8 Å². The quantitative estimate of drug-likeness (QED) is 0.235. The summed E-state index contributed by atoms with van der Waals surface area (Å²) in [6, 6.07) is 7.56. The molecule has 1 aliphatic rings. The predicted molar refractivity (Wildman–Crippen MR) is 118 cm³/mol. The second-order valence-corrected chi connectivity index (χ2v) is 6.72. The van der Waals surface area contributed by atoms with E-state index in [0.717, 1.165) is 6.08 Å². The van der Waals surface area contributed by atoms with Crippen molar-refractivity contribution in [2.75, 3.05) is 31.5 Å². The second kappa shape index (κ2) is 10.9. The number of benzene rings is 1. The summed E-state index contributed by atoms with van der Waals surface area (Å²) in [4.78, 5) is 20.1. The SMILES string of the molecule is C=CC(F)(F)c1ccc(NC(=C)C(=N/C=C\C)N2CCN(C(=O)/C=C/C#N)CC2)cc1. The molecule has 0 radical (unpaired) electrons. The van der Waals surface area contributed by atoms with Crippen LogP contribution in [-0.4, -0.2) is 47.7 Å². The van der Waals surface area contributed by atoms with Crippen molar-refractivity contribution in [2.24, 2.45) is 4.99 Å². The van der Waals surface area contributed by atoms with Crippen molar-refractivity contribution in [3.63, 3.8) is 0 Å². The van der Waals surface area contributed by atoms with E-state index in [1.807, 2.05) is 17.9 Å². The van der Waals surface area contributed by atoms with Crippen LogP contribution < -0.4 is 5.32 Å². The van der Waals surface area contributed by atoms with Gasteiger partial charge in [0, 0.05) is 55.8 Å². The Morgan fingerprint density at radius 1 is 1.23 bits per heavy atom. The Bertz CT molecular complexity index is 934. The van der Waals surface area contributed by atoms with E-state index in [1.165, 1.54) is 18.2 Å². The minimum Gasteiger partial charge on any atom is -0.353 e. The van der Waals surface area contributed by atoms with Crippen LogP contribution in [0.2, 0.25) is 0 Å². The van der Waals surface area contributed by atoms with Crippen LogP contribution in [0.25, 0.3) is 0 Å². The zero-order valence-corrected chi connectivity index (χ0v) is 17.4. The molecule has 1 fully saturated rings. The first-order valence-electron chi connectivity index (χ1n) is 9.69. The molecule has 0 spiro atoms.